The molecule has 0 aliphatic carbocycles. The minimum absolute atomic E-state index is 0.0948. The van der Waals surface area contributed by atoms with E-state index in [0.29, 0.717) is 18.8 Å². The van der Waals surface area contributed by atoms with E-state index in [2.05, 4.69) is 19.9 Å². The molecule has 4 rings (SSSR count). The Morgan fingerprint density at radius 1 is 1.30 bits per heavy atom. The van der Waals surface area contributed by atoms with Crippen molar-refractivity contribution in [2.24, 2.45) is 0 Å². The summed E-state index contributed by atoms with van der Waals surface area (Å²) in [6.07, 6.45) is 4.77. The SMILES string of the molecule is Cc1cc(C(=O)N2CCC(Oc3cccnc3N3CCCC3)C2)nc(=O)[nH]1. The van der Waals surface area contributed by atoms with Gasteiger partial charge in [-0.25, -0.2) is 9.78 Å². The van der Waals surface area contributed by atoms with E-state index in [4.69, 9.17) is 4.74 Å². The fourth-order valence-electron chi connectivity index (χ4n) is 3.68. The van der Waals surface area contributed by atoms with Gasteiger partial charge >= 0.3 is 5.69 Å². The third kappa shape index (κ3) is 3.79. The van der Waals surface area contributed by atoms with E-state index in [9.17, 15) is 9.59 Å². The first-order valence-corrected chi connectivity index (χ1v) is 9.34. The van der Waals surface area contributed by atoms with E-state index < -0.39 is 5.69 Å². The van der Waals surface area contributed by atoms with Crippen LogP contribution in [0.25, 0.3) is 0 Å². The first-order chi connectivity index (χ1) is 13.1. The Balaban J connectivity index is 1.44. The average Bonchev–Trinajstić information content (AvgIpc) is 3.33. The van der Waals surface area contributed by atoms with Crippen LogP contribution in [-0.2, 0) is 0 Å². The summed E-state index contributed by atoms with van der Waals surface area (Å²) in [5, 5.41) is 0. The Morgan fingerprint density at radius 2 is 2.11 bits per heavy atom. The van der Waals surface area contributed by atoms with Crippen molar-refractivity contribution in [3.8, 4) is 5.75 Å². The number of nitrogens with one attached hydrogen (secondary N) is 1. The number of anilines is 1. The monoisotopic (exact) mass is 369 g/mol. The van der Waals surface area contributed by atoms with Crippen molar-refractivity contribution in [2.75, 3.05) is 31.1 Å². The summed E-state index contributed by atoms with van der Waals surface area (Å²) < 4.78 is 6.20. The van der Waals surface area contributed by atoms with Gasteiger partial charge in [-0.05, 0) is 38.0 Å². The molecule has 8 nitrogen and oxygen atoms in total. The first kappa shape index (κ1) is 17.5. The summed E-state index contributed by atoms with van der Waals surface area (Å²) in [5.74, 6) is 1.41. The van der Waals surface area contributed by atoms with Gasteiger partial charge in [-0.15, -0.1) is 0 Å². The number of H-pyrrole nitrogens is 1. The van der Waals surface area contributed by atoms with Crippen molar-refractivity contribution in [1.82, 2.24) is 19.9 Å². The molecule has 2 saturated heterocycles. The van der Waals surface area contributed by atoms with Crippen LogP contribution in [0.15, 0.2) is 29.2 Å². The van der Waals surface area contributed by atoms with Gasteiger partial charge in [0.05, 0.1) is 6.54 Å². The molecule has 8 heteroatoms. The van der Waals surface area contributed by atoms with Gasteiger partial charge in [-0.3, -0.25) is 4.79 Å². The second-order valence-corrected chi connectivity index (χ2v) is 7.05. The molecule has 0 bridgehead atoms. The molecule has 0 aromatic carbocycles. The van der Waals surface area contributed by atoms with E-state index >= 15 is 0 Å². The molecule has 2 aromatic rings. The van der Waals surface area contributed by atoms with E-state index in [-0.39, 0.29) is 17.7 Å². The lowest BCUT2D eigenvalue weighted by Crippen LogP contribution is -2.33. The van der Waals surface area contributed by atoms with Crippen molar-refractivity contribution in [3.63, 3.8) is 0 Å². The number of rotatable bonds is 4. The van der Waals surface area contributed by atoms with Crippen LogP contribution < -0.4 is 15.3 Å². The molecule has 4 heterocycles. The summed E-state index contributed by atoms with van der Waals surface area (Å²) in [6, 6.07) is 5.41. The second kappa shape index (κ2) is 7.38. The molecule has 2 aliphatic heterocycles. The molecule has 0 saturated carbocycles. The number of likely N-dealkylation sites (tertiary alicyclic amines) is 1. The van der Waals surface area contributed by atoms with Crippen LogP contribution in [0.5, 0.6) is 5.75 Å². The maximum Gasteiger partial charge on any atom is 0.345 e. The Labute approximate surface area is 157 Å². The van der Waals surface area contributed by atoms with Gasteiger partial charge in [0.25, 0.3) is 5.91 Å². The zero-order chi connectivity index (χ0) is 18.8. The van der Waals surface area contributed by atoms with Crippen LogP contribution in [0, 0.1) is 6.92 Å². The number of nitrogens with zero attached hydrogens (tertiary/aromatic N) is 4. The molecule has 142 valence electrons. The number of amides is 1. The van der Waals surface area contributed by atoms with Crippen LogP contribution in [0.2, 0.25) is 0 Å². The minimum atomic E-state index is -0.504. The van der Waals surface area contributed by atoms with Crippen LogP contribution in [0.4, 0.5) is 5.82 Å². The Kier molecular flexibility index (Phi) is 4.79. The fraction of sp³-hybridized carbons (Fsp3) is 0.474. The highest BCUT2D eigenvalue weighted by Gasteiger charge is 2.30. The van der Waals surface area contributed by atoms with Crippen LogP contribution in [0.1, 0.15) is 35.4 Å². The van der Waals surface area contributed by atoms with E-state index in [1.807, 2.05) is 12.1 Å². The normalized spacial score (nSPS) is 19.5. The molecule has 27 heavy (non-hydrogen) atoms. The molecule has 2 aromatic heterocycles. The Morgan fingerprint density at radius 3 is 2.89 bits per heavy atom. The molecule has 0 spiro atoms. The first-order valence-electron chi connectivity index (χ1n) is 9.34. The second-order valence-electron chi connectivity index (χ2n) is 7.05. The summed E-state index contributed by atoms with van der Waals surface area (Å²) in [4.78, 5) is 39.0. The number of carbonyl (C=O) groups excluding carboxylic acids is 1. The van der Waals surface area contributed by atoms with Crippen LogP contribution in [0.3, 0.4) is 0 Å². The predicted octanol–water partition coefficient (Wildman–Crippen LogP) is 1.37. The number of pyridine rings is 1. The van der Waals surface area contributed by atoms with Crippen LogP contribution in [-0.4, -0.2) is 58.0 Å². The van der Waals surface area contributed by atoms with Crippen LogP contribution >= 0.6 is 0 Å². The maximum atomic E-state index is 12.7. The number of aryl methyl sites for hydroxylation is 1. The van der Waals surface area contributed by atoms with Crippen molar-refractivity contribution in [2.45, 2.75) is 32.3 Å². The predicted molar refractivity (Wildman–Crippen MR) is 100 cm³/mol. The smallest absolute Gasteiger partial charge is 0.345 e. The summed E-state index contributed by atoms with van der Waals surface area (Å²) in [7, 11) is 0. The van der Waals surface area contributed by atoms with E-state index in [1.54, 1.807) is 24.1 Å². The molecule has 1 amide bonds. The molecule has 1 N–H and O–H groups in total. The third-order valence-corrected chi connectivity index (χ3v) is 4.98. The molecule has 1 unspecified atom stereocenters. The minimum Gasteiger partial charge on any atom is -0.485 e. The number of hydrogen-bond donors (Lipinski definition) is 1. The molecule has 2 fully saturated rings. The Hall–Kier alpha value is -2.90. The number of carbonyl (C=O) groups is 1. The molecule has 0 radical (unpaired) electrons. The third-order valence-electron chi connectivity index (χ3n) is 4.98. The van der Waals surface area contributed by atoms with Crippen molar-refractivity contribution < 1.29 is 9.53 Å². The molecular formula is C19H23N5O3. The van der Waals surface area contributed by atoms with Gasteiger partial charge < -0.3 is 19.5 Å². The summed E-state index contributed by atoms with van der Waals surface area (Å²) in [6.45, 7) is 4.78. The van der Waals surface area contributed by atoms with Gasteiger partial charge in [0, 0.05) is 37.9 Å². The number of ether oxygens (including phenoxy) is 1. The van der Waals surface area contributed by atoms with Crippen molar-refractivity contribution in [3.05, 3.63) is 46.3 Å². The van der Waals surface area contributed by atoms with E-state index in [0.717, 1.165) is 31.1 Å². The van der Waals surface area contributed by atoms with Crippen molar-refractivity contribution >= 4 is 11.7 Å². The summed E-state index contributed by atoms with van der Waals surface area (Å²) in [5.41, 5.74) is 0.294. The van der Waals surface area contributed by atoms with Gasteiger partial charge in [-0.1, -0.05) is 0 Å². The fourth-order valence-corrected chi connectivity index (χ4v) is 3.68. The van der Waals surface area contributed by atoms with Crippen molar-refractivity contribution in [1.29, 1.82) is 0 Å². The highest BCUT2D eigenvalue weighted by atomic mass is 16.5. The lowest BCUT2D eigenvalue weighted by Gasteiger charge is -2.22. The van der Waals surface area contributed by atoms with E-state index in [1.165, 1.54) is 12.8 Å². The van der Waals surface area contributed by atoms with Gasteiger partial charge in [0.1, 0.15) is 11.8 Å². The highest BCUT2D eigenvalue weighted by molar-refractivity contribution is 5.92. The lowest BCUT2D eigenvalue weighted by molar-refractivity contribution is 0.0766. The largest absolute Gasteiger partial charge is 0.485 e. The lowest BCUT2D eigenvalue weighted by atomic mass is 10.3. The number of aromatic amines is 1. The maximum absolute atomic E-state index is 12.7. The number of aromatic nitrogens is 3. The Bertz CT molecular complexity index is 891. The van der Waals surface area contributed by atoms with Gasteiger partial charge in [-0.2, -0.15) is 4.98 Å². The molecule has 1 atom stereocenters. The standard InChI is InChI=1S/C19H23N5O3/c1-13-11-15(22-19(26)21-13)18(25)24-10-6-14(12-24)27-16-5-4-7-20-17(16)23-8-2-3-9-23/h4-5,7,11,14H,2-3,6,8-10,12H2,1H3,(H,21,22,26). The topological polar surface area (TPSA) is 91.4 Å². The van der Waals surface area contributed by atoms with Gasteiger partial charge in [0.15, 0.2) is 11.6 Å². The molecule has 2 aliphatic rings. The quantitative estimate of drug-likeness (QED) is 0.875. The average molecular weight is 369 g/mol. The summed E-state index contributed by atoms with van der Waals surface area (Å²) >= 11 is 0. The van der Waals surface area contributed by atoms with Gasteiger partial charge in [0.2, 0.25) is 0 Å². The highest BCUT2D eigenvalue weighted by Crippen LogP contribution is 2.30. The zero-order valence-corrected chi connectivity index (χ0v) is 15.4. The number of hydrogen-bond acceptors (Lipinski definition) is 6. The zero-order valence-electron chi connectivity index (χ0n) is 15.4. The molecular weight excluding hydrogens is 346 g/mol.